The molecule has 0 spiro atoms. The number of rotatable bonds is 3. The van der Waals surface area contributed by atoms with Crippen LogP contribution in [0, 0.1) is 0 Å². The maximum absolute atomic E-state index is 12.7. The largest absolute Gasteiger partial charge is 0.294 e. The summed E-state index contributed by atoms with van der Waals surface area (Å²) in [5, 5.41) is 5.08. The number of thioether (sulfide) groups is 1. The molecule has 1 atom stereocenters. The molecule has 2 aliphatic rings. The third kappa shape index (κ3) is 2.59. The lowest BCUT2D eigenvalue weighted by Crippen LogP contribution is -2.52. The van der Waals surface area contributed by atoms with Crippen LogP contribution in [0.3, 0.4) is 0 Å². The van der Waals surface area contributed by atoms with Crippen LogP contribution >= 0.6 is 11.8 Å². The SMILES string of the molecule is CCSC1=NNC2C(=O)N(c3ccc(C(C)C)cc3)C=CN12. The first kappa shape index (κ1) is 15.0. The number of anilines is 1. The van der Waals surface area contributed by atoms with E-state index < -0.39 is 6.17 Å². The highest BCUT2D eigenvalue weighted by Crippen LogP contribution is 2.26. The molecule has 1 aromatic rings. The second-order valence-electron chi connectivity index (χ2n) is 5.52. The average Bonchev–Trinajstić information content (AvgIpc) is 2.92. The maximum Gasteiger partial charge on any atom is 0.276 e. The number of amides is 1. The van der Waals surface area contributed by atoms with Crippen LogP contribution in [0.1, 0.15) is 32.3 Å². The Labute approximate surface area is 135 Å². The van der Waals surface area contributed by atoms with E-state index in [9.17, 15) is 4.79 Å². The lowest BCUT2D eigenvalue weighted by molar-refractivity contribution is -0.122. The summed E-state index contributed by atoms with van der Waals surface area (Å²) < 4.78 is 0. The van der Waals surface area contributed by atoms with Gasteiger partial charge in [-0.1, -0.05) is 44.7 Å². The number of benzene rings is 1. The monoisotopic (exact) mass is 316 g/mol. The van der Waals surface area contributed by atoms with Crippen molar-refractivity contribution < 1.29 is 4.79 Å². The lowest BCUT2D eigenvalue weighted by Gasteiger charge is -2.32. The molecule has 1 amide bonds. The van der Waals surface area contributed by atoms with Crippen LogP contribution in [0.15, 0.2) is 41.8 Å². The Morgan fingerprint density at radius 2 is 2.00 bits per heavy atom. The number of carbonyl (C=O) groups is 1. The predicted molar refractivity (Wildman–Crippen MR) is 91.5 cm³/mol. The summed E-state index contributed by atoms with van der Waals surface area (Å²) >= 11 is 1.62. The molecule has 0 fully saturated rings. The zero-order valence-corrected chi connectivity index (χ0v) is 13.8. The van der Waals surface area contributed by atoms with Crippen molar-refractivity contribution in [2.75, 3.05) is 10.7 Å². The number of nitrogens with zero attached hydrogens (tertiary/aromatic N) is 3. The summed E-state index contributed by atoms with van der Waals surface area (Å²) in [6.07, 6.45) is 3.27. The van der Waals surface area contributed by atoms with Crippen molar-refractivity contribution in [1.82, 2.24) is 10.3 Å². The molecule has 1 aromatic carbocycles. The van der Waals surface area contributed by atoms with Gasteiger partial charge in [0, 0.05) is 18.1 Å². The molecular formula is C16H20N4OS. The molecule has 0 saturated carbocycles. The zero-order chi connectivity index (χ0) is 15.7. The third-order valence-corrected chi connectivity index (χ3v) is 4.59. The van der Waals surface area contributed by atoms with Gasteiger partial charge in [0.15, 0.2) is 5.17 Å². The van der Waals surface area contributed by atoms with Crippen molar-refractivity contribution in [2.24, 2.45) is 5.10 Å². The van der Waals surface area contributed by atoms with Gasteiger partial charge in [0.2, 0.25) is 6.17 Å². The number of hydrazone groups is 1. The summed E-state index contributed by atoms with van der Waals surface area (Å²) in [7, 11) is 0. The van der Waals surface area contributed by atoms with Crippen molar-refractivity contribution in [1.29, 1.82) is 0 Å². The summed E-state index contributed by atoms with van der Waals surface area (Å²) in [6.45, 7) is 6.38. The number of fused-ring (bicyclic) bond motifs is 1. The molecule has 2 aliphatic heterocycles. The topological polar surface area (TPSA) is 47.9 Å². The van der Waals surface area contributed by atoms with Crippen LogP contribution in [0.2, 0.25) is 0 Å². The second kappa shape index (κ2) is 6.04. The Morgan fingerprint density at radius 3 is 2.64 bits per heavy atom. The van der Waals surface area contributed by atoms with Crippen LogP contribution in [0.4, 0.5) is 5.69 Å². The molecule has 22 heavy (non-hydrogen) atoms. The molecular weight excluding hydrogens is 296 g/mol. The number of carbonyl (C=O) groups excluding carboxylic acids is 1. The van der Waals surface area contributed by atoms with Gasteiger partial charge >= 0.3 is 0 Å². The van der Waals surface area contributed by atoms with Gasteiger partial charge in [-0.25, -0.2) is 0 Å². The van der Waals surface area contributed by atoms with Gasteiger partial charge < -0.3 is 0 Å². The van der Waals surface area contributed by atoms with Crippen molar-refractivity contribution >= 4 is 28.5 Å². The summed E-state index contributed by atoms with van der Waals surface area (Å²) in [5.74, 6) is 1.39. The number of nitrogens with one attached hydrogen (secondary N) is 1. The first-order chi connectivity index (χ1) is 10.6. The van der Waals surface area contributed by atoms with Gasteiger partial charge in [0.25, 0.3) is 5.91 Å². The predicted octanol–water partition coefficient (Wildman–Crippen LogP) is 2.88. The fraction of sp³-hybridized carbons (Fsp3) is 0.375. The normalized spacial score (nSPS) is 20.3. The van der Waals surface area contributed by atoms with E-state index in [0.29, 0.717) is 5.92 Å². The average molecular weight is 316 g/mol. The standard InChI is InChI=1S/C16H20N4OS/c1-4-22-16-18-17-14-15(21)19(9-10-20(14)16)13-7-5-12(6-8-13)11(2)3/h5-11,14,17H,4H2,1-3H3. The van der Waals surface area contributed by atoms with Crippen LogP contribution in [0.25, 0.3) is 0 Å². The maximum atomic E-state index is 12.7. The minimum atomic E-state index is -0.441. The minimum Gasteiger partial charge on any atom is -0.294 e. The first-order valence-corrected chi connectivity index (χ1v) is 8.46. The summed E-state index contributed by atoms with van der Waals surface area (Å²) in [5.41, 5.74) is 5.07. The Bertz CT molecular complexity index is 624. The molecule has 0 bridgehead atoms. The Balaban J connectivity index is 1.81. The fourth-order valence-corrected chi connectivity index (χ4v) is 3.17. The Hall–Kier alpha value is -1.95. The van der Waals surface area contributed by atoms with Gasteiger partial charge in [0.1, 0.15) is 0 Å². The van der Waals surface area contributed by atoms with Gasteiger partial charge in [-0.2, -0.15) is 5.10 Å². The fourth-order valence-electron chi connectivity index (χ4n) is 2.48. The van der Waals surface area contributed by atoms with Crippen molar-refractivity contribution in [3.8, 4) is 0 Å². The van der Waals surface area contributed by atoms with Crippen molar-refractivity contribution in [3.63, 3.8) is 0 Å². The van der Waals surface area contributed by atoms with E-state index in [0.717, 1.165) is 16.6 Å². The Morgan fingerprint density at radius 1 is 1.27 bits per heavy atom. The van der Waals surface area contributed by atoms with Gasteiger partial charge in [-0.3, -0.25) is 20.0 Å². The van der Waals surface area contributed by atoms with Crippen LogP contribution in [-0.2, 0) is 4.79 Å². The number of hydrogen-bond donors (Lipinski definition) is 1. The van der Waals surface area contributed by atoms with E-state index in [2.05, 4.69) is 43.4 Å². The summed E-state index contributed by atoms with van der Waals surface area (Å²) in [6, 6.07) is 8.13. The van der Waals surface area contributed by atoms with Gasteiger partial charge in [-0.05, 0) is 29.4 Å². The molecule has 0 radical (unpaired) electrons. The second-order valence-corrected chi connectivity index (χ2v) is 6.75. The smallest absolute Gasteiger partial charge is 0.276 e. The molecule has 0 aromatic heterocycles. The molecule has 5 nitrogen and oxygen atoms in total. The number of amidine groups is 1. The van der Waals surface area contributed by atoms with Crippen LogP contribution in [0.5, 0.6) is 0 Å². The van der Waals surface area contributed by atoms with Crippen LogP contribution in [-0.4, -0.2) is 27.9 Å². The van der Waals surface area contributed by atoms with Crippen molar-refractivity contribution in [2.45, 2.75) is 32.9 Å². The van der Waals surface area contributed by atoms with E-state index in [1.54, 1.807) is 16.7 Å². The molecule has 0 aliphatic carbocycles. The summed E-state index contributed by atoms with van der Waals surface area (Å²) in [4.78, 5) is 16.2. The highest BCUT2D eigenvalue weighted by Gasteiger charge is 2.37. The highest BCUT2D eigenvalue weighted by molar-refractivity contribution is 8.13. The first-order valence-electron chi connectivity index (χ1n) is 7.47. The van der Waals surface area contributed by atoms with Crippen LogP contribution < -0.4 is 10.3 Å². The molecule has 1 N–H and O–H groups in total. The molecule has 0 saturated heterocycles. The highest BCUT2D eigenvalue weighted by atomic mass is 32.2. The molecule has 116 valence electrons. The third-order valence-electron chi connectivity index (χ3n) is 3.74. The van der Waals surface area contributed by atoms with Crippen molar-refractivity contribution in [3.05, 3.63) is 42.2 Å². The van der Waals surface area contributed by atoms with E-state index in [1.807, 2.05) is 29.4 Å². The zero-order valence-electron chi connectivity index (χ0n) is 13.0. The van der Waals surface area contributed by atoms with Gasteiger partial charge in [0.05, 0.1) is 0 Å². The quantitative estimate of drug-likeness (QED) is 0.931. The Kier molecular flexibility index (Phi) is 4.11. The number of hydrogen-bond acceptors (Lipinski definition) is 5. The molecule has 3 rings (SSSR count). The van der Waals surface area contributed by atoms with Gasteiger partial charge in [-0.15, -0.1) is 0 Å². The van der Waals surface area contributed by atoms with E-state index >= 15 is 0 Å². The molecule has 2 heterocycles. The van der Waals surface area contributed by atoms with E-state index in [-0.39, 0.29) is 5.91 Å². The minimum absolute atomic E-state index is 0.0183. The van der Waals surface area contributed by atoms with E-state index in [1.165, 1.54) is 5.56 Å². The van der Waals surface area contributed by atoms with E-state index in [4.69, 9.17) is 0 Å². The molecule has 1 unspecified atom stereocenters. The lowest BCUT2D eigenvalue weighted by atomic mass is 10.0. The molecule has 6 heteroatoms.